The Morgan fingerprint density at radius 1 is 1.24 bits per heavy atom. The number of carbonyl (C=O) groups excluding carboxylic acids is 2. The fraction of sp³-hybridized carbons (Fsp3) is 0.150. The van der Waals surface area contributed by atoms with E-state index in [2.05, 4.69) is 10.3 Å². The number of nitro groups is 1. The maximum absolute atomic E-state index is 13.5. The third-order valence-electron chi connectivity index (χ3n) is 4.79. The van der Waals surface area contributed by atoms with Crippen molar-refractivity contribution in [2.24, 2.45) is 5.92 Å². The van der Waals surface area contributed by atoms with Gasteiger partial charge in [-0.2, -0.15) is 4.39 Å². The number of nitrogens with one attached hydrogen (secondary N) is 1. The number of hydrogen-bond acceptors (Lipinski definition) is 5. The van der Waals surface area contributed by atoms with Gasteiger partial charge in [0.1, 0.15) is 0 Å². The quantitative estimate of drug-likeness (QED) is 0.540. The molecular weight excluding hydrogens is 379 g/mol. The number of rotatable bonds is 4. The molecule has 2 amide bonds. The fourth-order valence-electron chi connectivity index (χ4n) is 3.33. The van der Waals surface area contributed by atoms with E-state index in [0.717, 1.165) is 23.0 Å². The second kappa shape index (κ2) is 7.27. The van der Waals surface area contributed by atoms with Gasteiger partial charge in [-0.05, 0) is 24.3 Å². The Labute approximate surface area is 164 Å². The molecule has 9 heteroatoms. The number of anilines is 2. The molecule has 29 heavy (non-hydrogen) atoms. The van der Waals surface area contributed by atoms with Gasteiger partial charge in [0.25, 0.3) is 0 Å². The summed E-state index contributed by atoms with van der Waals surface area (Å²) in [7, 11) is 0. The highest BCUT2D eigenvalue weighted by Crippen LogP contribution is 2.30. The van der Waals surface area contributed by atoms with Crippen molar-refractivity contribution in [3.05, 3.63) is 70.7 Å². The maximum atomic E-state index is 13.5. The molecule has 1 N–H and O–H groups in total. The zero-order valence-electron chi connectivity index (χ0n) is 15.0. The minimum absolute atomic E-state index is 0.0436. The lowest BCUT2D eigenvalue weighted by atomic mass is 10.1. The van der Waals surface area contributed by atoms with Crippen molar-refractivity contribution in [3.63, 3.8) is 0 Å². The molecule has 2 heterocycles. The van der Waals surface area contributed by atoms with Gasteiger partial charge in [-0.1, -0.05) is 18.2 Å². The zero-order chi connectivity index (χ0) is 20.5. The lowest BCUT2D eigenvalue weighted by Gasteiger charge is -2.16. The second-order valence-electron chi connectivity index (χ2n) is 6.70. The van der Waals surface area contributed by atoms with Gasteiger partial charge < -0.3 is 10.2 Å². The number of amides is 2. The van der Waals surface area contributed by atoms with E-state index in [1.54, 1.807) is 6.07 Å². The third-order valence-corrected chi connectivity index (χ3v) is 4.79. The highest BCUT2D eigenvalue weighted by atomic mass is 19.1. The van der Waals surface area contributed by atoms with Crippen LogP contribution in [0.25, 0.3) is 10.9 Å². The van der Waals surface area contributed by atoms with Crippen LogP contribution in [0, 0.1) is 21.8 Å². The summed E-state index contributed by atoms with van der Waals surface area (Å²) < 4.78 is 13.5. The van der Waals surface area contributed by atoms with Crippen molar-refractivity contribution in [1.82, 2.24) is 4.98 Å². The van der Waals surface area contributed by atoms with Crippen LogP contribution in [0.15, 0.2) is 54.7 Å². The van der Waals surface area contributed by atoms with Crippen molar-refractivity contribution < 1.29 is 18.9 Å². The summed E-state index contributed by atoms with van der Waals surface area (Å²) >= 11 is 0. The number of nitro benzene ring substituents is 1. The van der Waals surface area contributed by atoms with E-state index in [1.807, 2.05) is 24.3 Å². The summed E-state index contributed by atoms with van der Waals surface area (Å²) in [6, 6.07) is 12.5. The predicted octanol–water partition coefficient (Wildman–Crippen LogP) is 3.27. The Balaban J connectivity index is 1.50. The summed E-state index contributed by atoms with van der Waals surface area (Å²) in [5.41, 5.74) is 0.777. The van der Waals surface area contributed by atoms with E-state index in [9.17, 15) is 24.1 Å². The number of pyridine rings is 1. The number of carbonyl (C=O) groups is 2. The van der Waals surface area contributed by atoms with Gasteiger partial charge in [-0.15, -0.1) is 0 Å². The molecule has 2 aromatic carbocycles. The first kappa shape index (κ1) is 18.5. The first-order chi connectivity index (χ1) is 13.9. The first-order valence-electron chi connectivity index (χ1n) is 8.82. The average molecular weight is 394 g/mol. The summed E-state index contributed by atoms with van der Waals surface area (Å²) in [6.45, 7) is 0.0501. The highest BCUT2D eigenvalue weighted by Gasteiger charge is 2.36. The van der Waals surface area contributed by atoms with E-state index < -0.39 is 22.3 Å². The monoisotopic (exact) mass is 394 g/mol. The minimum Gasteiger partial charge on any atom is -0.324 e. The number of nitrogens with zero attached hydrogens (tertiary/aromatic N) is 3. The van der Waals surface area contributed by atoms with E-state index in [0.29, 0.717) is 5.69 Å². The Hall–Kier alpha value is -3.88. The summed E-state index contributed by atoms with van der Waals surface area (Å²) in [5, 5.41) is 14.6. The van der Waals surface area contributed by atoms with Crippen molar-refractivity contribution in [3.8, 4) is 0 Å². The Morgan fingerprint density at radius 2 is 2.03 bits per heavy atom. The van der Waals surface area contributed by atoms with Gasteiger partial charge in [0.15, 0.2) is 0 Å². The Morgan fingerprint density at radius 3 is 2.83 bits per heavy atom. The molecule has 146 valence electrons. The normalized spacial score (nSPS) is 16.2. The Kier molecular flexibility index (Phi) is 4.63. The molecule has 1 aromatic heterocycles. The van der Waals surface area contributed by atoms with Crippen molar-refractivity contribution >= 4 is 39.8 Å². The van der Waals surface area contributed by atoms with Crippen LogP contribution in [0.2, 0.25) is 0 Å². The topological polar surface area (TPSA) is 105 Å². The van der Waals surface area contributed by atoms with Crippen LogP contribution in [0.1, 0.15) is 6.42 Å². The van der Waals surface area contributed by atoms with Gasteiger partial charge >= 0.3 is 5.69 Å². The van der Waals surface area contributed by atoms with Crippen LogP contribution >= 0.6 is 0 Å². The molecule has 1 atom stereocenters. The van der Waals surface area contributed by atoms with E-state index in [-0.39, 0.29) is 30.5 Å². The fourth-order valence-corrected chi connectivity index (χ4v) is 3.33. The first-order valence-corrected chi connectivity index (χ1v) is 8.82. The Bertz CT molecular complexity index is 1150. The molecule has 1 unspecified atom stereocenters. The zero-order valence-corrected chi connectivity index (χ0v) is 15.0. The largest absolute Gasteiger partial charge is 0.324 e. The molecular formula is C20H15FN4O4. The minimum atomic E-state index is -0.983. The maximum Gasteiger partial charge on any atom is 0.306 e. The SMILES string of the molecule is O=C(Nc1cnc2ccccc2c1)C1CC(=O)N(c2ccc(F)c([N+](=O)[O-])c2)C1. The van der Waals surface area contributed by atoms with Crippen molar-refractivity contribution in [2.75, 3.05) is 16.8 Å². The molecule has 1 aliphatic heterocycles. The van der Waals surface area contributed by atoms with Crippen LogP contribution < -0.4 is 10.2 Å². The van der Waals surface area contributed by atoms with E-state index >= 15 is 0 Å². The predicted molar refractivity (Wildman–Crippen MR) is 104 cm³/mol. The number of hydrogen-bond donors (Lipinski definition) is 1. The summed E-state index contributed by atoms with van der Waals surface area (Å²) in [5.74, 6) is -2.33. The number of para-hydroxylation sites is 1. The number of benzene rings is 2. The van der Waals surface area contributed by atoms with Crippen molar-refractivity contribution in [2.45, 2.75) is 6.42 Å². The standard InChI is InChI=1S/C20H15FN4O4/c21-16-6-5-15(9-18(16)25(28)29)24-11-13(8-19(24)26)20(27)23-14-7-12-3-1-2-4-17(12)22-10-14/h1-7,9-10,13H,8,11H2,(H,23,27). The third kappa shape index (κ3) is 3.62. The van der Waals surface area contributed by atoms with Gasteiger partial charge in [0.05, 0.1) is 33.9 Å². The highest BCUT2D eigenvalue weighted by molar-refractivity contribution is 6.04. The van der Waals surface area contributed by atoms with Crippen LogP contribution in [-0.2, 0) is 9.59 Å². The lowest BCUT2D eigenvalue weighted by Crippen LogP contribution is -2.28. The van der Waals surface area contributed by atoms with Gasteiger partial charge in [-0.3, -0.25) is 24.7 Å². The number of aromatic nitrogens is 1. The molecule has 8 nitrogen and oxygen atoms in total. The van der Waals surface area contributed by atoms with Crippen LogP contribution in [-0.4, -0.2) is 28.3 Å². The van der Waals surface area contributed by atoms with E-state index in [1.165, 1.54) is 17.2 Å². The lowest BCUT2D eigenvalue weighted by molar-refractivity contribution is -0.387. The van der Waals surface area contributed by atoms with Crippen LogP contribution in [0.4, 0.5) is 21.5 Å². The summed E-state index contributed by atoms with van der Waals surface area (Å²) in [6.07, 6.45) is 1.50. The smallest absolute Gasteiger partial charge is 0.306 e. The molecule has 1 fully saturated rings. The van der Waals surface area contributed by atoms with E-state index in [4.69, 9.17) is 0 Å². The van der Waals surface area contributed by atoms with Gasteiger partial charge in [-0.25, -0.2) is 0 Å². The van der Waals surface area contributed by atoms with Gasteiger partial charge in [0.2, 0.25) is 17.6 Å². The number of halogens is 1. The summed E-state index contributed by atoms with van der Waals surface area (Å²) in [4.78, 5) is 40.6. The molecule has 0 aliphatic carbocycles. The van der Waals surface area contributed by atoms with Crippen LogP contribution in [0.5, 0.6) is 0 Å². The second-order valence-corrected chi connectivity index (χ2v) is 6.70. The molecule has 1 aliphatic rings. The molecule has 0 saturated carbocycles. The molecule has 0 spiro atoms. The van der Waals surface area contributed by atoms with Gasteiger partial charge in [0, 0.05) is 24.4 Å². The molecule has 0 bridgehead atoms. The van der Waals surface area contributed by atoms with Crippen molar-refractivity contribution in [1.29, 1.82) is 0 Å². The molecule has 0 radical (unpaired) electrons. The molecule has 3 aromatic rings. The molecule has 1 saturated heterocycles. The number of fused-ring (bicyclic) bond motifs is 1. The molecule has 4 rings (SSSR count). The van der Waals surface area contributed by atoms with Crippen LogP contribution in [0.3, 0.4) is 0 Å². The average Bonchev–Trinajstić information content (AvgIpc) is 3.10.